The first-order valence-corrected chi connectivity index (χ1v) is 13.6. The molecule has 1 aliphatic heterocycles. The van der Waals surface area contributed by atoms with Crippen molar-refractivity contribution in [2.75, 3.05) is 32.5 Å². The van der Waals surface area contributed by atoms with Crippen molar-refractivity contribution in [1.29, 1.82) is 0 Å². The largest absolute Gasteiger partial charge is 0.496 e. The Kier molecular flexibility index (Phi) is 9.02. The molecule has 0 atom stereocenters. The molecule has 1 amide bonds. The van der Waals surface area contributed by atoms with E-state index in [0.29, 0.717) is 36.7 Å². The van der Waals surface area contributed by atoms with Gasteiger partial charge in [-0.2, -0.15) is 11.8 Å². The number of likely N-dealkylation sites (tertiary alicyclic amines) is 1. The lowest BCUT2D eigenvalue weighted by atomic mass is 10.1. The lowest BCUT2D eigenvalue weighted by Crippen LogP contribution is -2.32. The summed E-state index contributed by atoms with van der Waals surface area (Å²) in [7, 11) is -2.23. The van der Waals surface area contributed by atoms with Crippen LogP contribution in [0.1, 0.15) is 47.2 Å². The van der Waals surface area contributed by atoms with E-state index in [-0.39, 0.29) is 10.8 Å². The first-order chi connectivity index (χ1) is 15.4. The van der Waals surface area contributed by atoms with Crippen LogP contribution in [0.15, 0.2) is 47.4 Å². The number of thioether (sulfide) groups is 1. The molecular formula is C24H32N2O4S2. The highest BCUT2D eigenvalue weighted by Crippen LogP contribution is 2.25. The van der Waals surface area contributed by atoms with Gasteiger partial charge in [-0.05, 0) is 43.5 Å². The van der Waals surface area contributed by atoms with Gasteiger partial charge in [0.15, 0.2) is 0 Å². The monoisotopic (exact) mass is 476 g/mol. The zero-order valence-corrected chi connectivity index (χ0v) is 20.4. The molecule has 2 aromatic carbocycles. The fourth-order valence-electron chi connectivity index (χ4n) is 3.79. The average molecular weight is 477 g/mol. The molecule has 1 aliphatic rings. The number of methoxy groups -OCH3 is 1. The van der Waals surface area contributed by atoms with Gasteiger partial charge in [0.25, 0.3) is 5.91 Å². The number of nitrogens with zero attached hydrogens (tertiary/aromatic N) is 1. The maximum Gasteiger partial charge on any atom is 0.257 e. The van der Waals surface area contributed by atoms with Gasteiger partial charge in [-0.1, -0.05) is 42.7 Å². The summed E-state index contributed by atoms with van der Waals surface area (Å²) in [4.78, 5) is 15.0. The number of ether oxygens (including phenoxy) is 1. The van der Waals surface area contributed by atoms with Gasteiger partial charge >= 0.3 is 0 Å². The highest BCUT2D eigenvalue weighted by Gasteiger charge is 2.24. The molecule has 1 saturated heterocycles. The Morgan fingerprint density at radius 1 is 1.09 bits per heavy atom. The Hall–Kier alpha value is -2.03. The minimum absolute atomic E-state index is 0.0835. The van der Waals surface area contributed by atoms with E-state index in [0.717, 1.165) is 31.4 Å². The van der Waals surface area contributed by atoms with Gasteiger partial charge in [0.05, 0.1) is 17.6 Å². The molecule has 32 heavy (non-hydrogen) atoms. The molecule has 8 heteroatoms. The van der Waals surface area contributed by atoms with E-state index in [1.165, 1.54) is 30.4 Å². The van der Waals surface area contributed by atoms with E-state index < -0.39 is 10.0 Å². The molecular weight excluding hydrogens is 444 g/mol. The molecule has 0 saturated carbocycles. The Balaban J connectivity index is 1.62. The zero-order chi connectivity index (χ0) is 23.0. The number of sulfonamides is 1. The first kappa shape index (κ1) is 24.6. The molecule has 0 unspecified atom stereocenters. The van der Waals surface area contributed by atoms with Crippen LogP contribution >= 0.6 is 11.8 Å². The molecule has 0 bridgehead atoms. The SMILES string of the molecule is COc1ccc(S(=O)(=O)NCCSCc2cccc(C)c2)cc1C(=O)N1CCCCCC1. The van der Waals surface area contributed by atoms with Crippen molar-refractivity contribution in [3.05, 3.63) is 59.2 Å². The molecule has 0 aliphatic carbocycles. The lowest BCUT2D eigenvalue weighted by molar-refractivity contribution is 0.0758. The number of aryl methyl sites for hydroxylation is 1. The van der Waals surface area contributed by atoms with Crippen molar-refractivity contribution >= 4 is 27.7 Å². The van der Waals surface area contributed by atoms with E-state index in [9.17, 15) is 13.2 Å². The third-order valence-corrected chi connectivity index (χ3v) is 7.98. The van der Waals surface area contributed by atoms with Gasteiger partial charge in [-0.3, -0.25) is 4.79 Å². The maximum absolute atomic E-state index is 13.1. The molecule has 1 heterocycles. The summed E-state index contributed by atoms with van der Waals surface area (Å²) in [5.41, 5.74) is 2.74. The smallest absolute Gasteiger partial charge is 0.257 e. The summed E-state index contributed by atoms with van der Waals surface area (Å²) < 4.78 is 33.7. The van der Waals surface area contributed by atoms with Gasteiger partial charge in [-0.15, -0.1) is 0 Å². The second kappa shape index (κ2) is 11.7. The minimum atomic E-state index is -3.72. The van der Waals surface area contributed by atoms with Crippen LogP contribution in [0.25, 0.3) is 0 Å². The van der Waals surface area contributed by atoms with Crippen LogP contribution < -0.4 is 9.46 Å². The summed E-state index contributed by atoms with van der Waals surface area (Å²) in [6.45, 7) is 3.76. The molecule has 0 aromatic heterocycles. The topological polar surface area (TPSA) is 75.7 Å². The minimum Gasteiger partial charge on any atom is -0.496 e. The van der Waals surface area contributed by atoms with Crippen LogP contribution in [0.5, 0.6) is 5.75 Å². The van der Waals surface area contributed by atoms with Crippen molar-refractivity contribution in [2.24, 2.45) is 0 Å². The van der Waals surface area contributed by atoms with E-state index in [4.69, 9.17) is 4.74 Å². The standard InChI is InChI=1S/C24H32N2O4S2/c1-19-8-7-9-20(16-19)18-31-15-12-25-32(28,29)21-10-11-23(30-2)22(17-21)24(27)26-13-5-3-4-6-14-26/h7-11,16-17,25H,3-6,12-15,18H2,1-2H3. The molecule has 0 spiro atoms. The second-order valence-electron chi connectivity index (χ2n) is 8.01. The third-order valence-electron chi connectivity index (χ3n) is 5.49. The quantitative estimate of drug-likeness (QED) is 0.548. The number of amides is 1. The fourth-order valence-corrected chi connectivity index (χ4v) is 5.78. The third kappa shape index (κ3) is 6.73. The Morgan fingerprint density at radius 2 is 1.84 bits per heavy atom. The van der Waals surface area contributed by atoms with Crippen LogP contribution in [-0.4, -0.2) is 51.7 Å². The van der Waals surface area contributed by atoms with E-state index in [2.05, 4.69) is 29.8 Å². The van der Waals surface area contributed by atoms with Crippen LogP contribution in [0.2, 0.25) is 0 Å². The van der Waals surface area contributed by atoms with Gasteiger partial charge in [0.1, 0.15) is 5.75 Å². The summed E-state index contributed by atoms with van der Waals surface area (Å²) in [6, 6.07) is 12.8. The van der Waals surface area contributed by atoms with Gasteiger partial charge < -0.3 is 9.64 Å². The van der Waals surface area contributed by atoms with Crippen molar-refractivity contribution in [1.82, 2.24) is 9.62 Å². The summed E-state index contributed by atoms with van der Waals surface area (Å²) >= 11 is 1.68. The highest BCUT2D eigenvalue weighted by atomic mass is 32.2. The zero-order valence-electron chi connectivity index (χ0n) is 18.8. The first-order valence-electron chi connectivity index (χ1n) is 11.0. The van der Waals surface area contributed by atoms with Gasteiger partial charge in [-0.25, -0.2) is 13.1 Å². The molecule has 2 aromatic rings. The van der Waals surface area contributed by atoms with Crippen LogP contribution in [-0.2, 0) is 15.8 Å². The normalized spacial score (nSPS) is 14.8. The number of carbonyl (C=O) groups excluding carboxylic acids is 1. The Morgan fingerprint density at radius 3 is 2.53 bits per heavy atom. The van der Waals surface area contributed by atoms with E-state index in [1.807, 2.05) is 6.07 Å². The molecule has 1 N–H and O–H groups in total. The summed E-state index contributed by atoms with van der Waals surface area (Å²) in [5, 5.41) is 0. The predicted molar refractivity (Wildman–Crippen MR) is 130 cm³/mol. The van der Waals surface area contributed by atoms with Crippen molar-refractivity contribution in [3.63, 3.8) is 0 Å². The highest BCUT2D eigenvalue weighted by molar-refractivity contribution is 7.98. The fraction of sp³-hybridized carbons (Fsp3) is 0.458. The number of nitrogens with one attached hydrogen (secondary N) is 1. The summed E-state index contributed by atoms with van der Waals surface area (Å²) in [5.74, 6) is 1.71. The summed E-state index contributed by atoms with van der Waals surface area (Å²) in [6.07, 6.45) is 4.16. The van der Waals surface area contributed by atoms with E-state index in [1.54, 1.807) is 22.7 Å². The Bertz CT molecular complexity index is 1020. The van der Waals surface area contributed by atoms with Crippen molar-refractivity contribution in [2.45, 2.75) is 43.3 Å². The van der Waals surface area contributed by atoms with Crippen LogP contribution in [0.4, 0.5) is 0 Å². The van der Waals surface area contributed by atoms with Gasteiger partial charge in [0, 0.05) is 31.1 Å². The van der Waals surface area contributed by atoms with Crippen molar-refractivity contribution < 1.29 is 17.9 Å². The number of hydrogen-bond donors (Lipinski definition) is 1. The number of hydrogen-bond acceptors (Lipinski definition) is 5. The maximum atomic E-state index is 13.1. The number of benzene rings is 2. The number of carbonyl (C=O) groups is 1. The average Bonchev–Trinajstić information content (AvgIpc) is 3.07. The molecule has 6 nitrogen and oxygen atoms in total. The molecule has 0 radical (unpaired) electrons. The number of rotatable bonds is 9. The van der Waals surface area contributed by atoms with Crippen LogP contribution in [0, 0.1) is 6.92 Å². The van der Waals surface area contributed by atoms with E-state index >= 15 is 0 Å². The van der Waals surface area contributed by atoms with Crippen LogP contribution in [0.3, 0.4) is 0 Å². The molecule has 3 rings (SSSR count). The predicted octanol–water partition coefficient (Wildman–Crippen LogP) is 4.23. The molecule has 174 valence electrons. The second-order valence-corrected chi connectivity index (χ2v) is 10.9. The van der Waals surface area contributed by atoms with Gasteiger partial charge in [0.2, 0.25) is 10.0 Å². The molecule has 1 fully saturated rings. The lowest BCUT2D eigenvalue weighted by Gasteiger charge is -2.22. The van der Waals surface area contributed by atoms with Crippen molar-refractivity contribution in [3.8, 4) is 5.75 Å². The Labute approximate surface area is 195 Å².